The summed E-state index contributed by atoms with van der Waals surface area (Å²) in [7, 11) is 0. The zero-order valence-electron chi connectivity index (χ0n) is 12.2. The predicted molar refractivity (Wildman–Crippen MR) is 72.8 cm³/mol. The minimum Gasteiger partial charge on any atom is -0.367 e. The summed E-state index contributed by atoms with van der Waals surface area (Å²) in [5.41, 5.74) is -0.319. The number of rotatable bonds is 6. The van der Waals surface area contributed by atoms with E-state index in [1.54, 1.807) is 0 Å². The molecule has 2 rings (SSSR count). The highest BCUT2D eigenvalue weighted by Crippen LogP contribution is 2.39. The van der Waals surface area contributed by atoms with Gasteiger partial charge < -0.3 is 14.6 Å². The first-order chi connectivity index (χ1) is 9.22. The van der Waals surface area contributed by atoms with E-state index in [9.17, 15) is 0 Å². The van der Waals surface area contributed by atoms with Gasteiger partial charge in [0.15, 0.2) is 0 Å². The van der Waals surface area contributed by atoms with Crippen LogP contribution < -0.4 is 5.32 Å². The number of hydrogen-bond donors (Lipinski definition) is 1. The van der Waals surface area contributed by atoms with E-state index in [4.69, 9.17) is 9.26 Å². The van der Waals surface area contributed by atoms with Crippen LogP contribution in [-0.4, -0.2) is 23.3 Å². The van der Waals surface area contributed by atoms with E-state index in [0.29, 0.717) is 12.5 Å². The molecule has 5 nitrogen and oxygen atoms in total. The monoisotopic (exact) mass is 267 g/mol. The third kappa shape index (κ3) is 3.15. The van der Waals surface area contributed by atoms with Crippen molar-refractivity contribution >= 4 is 0 Å². The average molecular weight is 267 g/mol. The lowest BCUT2D eigenvalue weighted by molar-refractivity contribution is -0.0777. The first-order valence-electron chi connectivity index (χ1n) is 7.43. The molecule has 1 aromatic heterocycles. The summed E-state index contributed by atoms with van der Waals surface area (Å²) in [5.74, 6) is 1.38. The minimum atomic E-state index is -0.319. The predicted octanol–water partition coefficient (Wildman–Crippen LogP) is 2.94. The Hall–Kier alpha value is -0.940. The number of nitrogens with one attached hydrogen (secondary N) is 1. The molecule has 1 unspecified atom stereocenters. The first-order valence-corrected chi connectivity index (χ1v) is 7.43. The molecule has 1 fully saturated rings. The highest BCUT2D eigenvalue weighted by Gasteiger charge is 2.39. The van der Waals surface area contributed by atoms with Gasteiger partial charge in [0.25, 0.3) is 0 Å². The van der Waals surface area contributed by atoms with E-state index in [0.717, 1.165) is 25.2 Å². The van der Waals surface area contributed by atoms with Gasteiger partial charge in [-0.1, -0.05) is 31.3 Å². The molecule has 0 aromatic carbocycles. The van der Waals surface area contributed by atoms with Gasteiger partial charge in [0.05, 0.1) is 6.04 Å². The molecule has 1 heterocycles. The fraction of sp³-hybridized carbons (Fsp3) is 0.857. The maximum atomic E-state index is 6.00. The molecule has 1 atom stereocenters. The van der Waals surface area contributed by atoms with E-state index in [1.807, 2.05) is 13.8 Å². The molecule has 1 saturated carbocycles. The van der Waals surface area contributed by atoms with Gasteiger partial charge >= 0.3 is 0 Å². The van der Waals surface area contributed by atoms with Crippen LogP contribution in [0, 0.1) is 0 Å². The molecule has 0 bridgehead atoms. The number of nitrogens with zero attached hydrogens (tertiary/aromatic N) is 2. The lowest BCUT2D eigenvalue weighted by Crippen LogP contribution is -2.33. The van der Waals surface area contributed by atoms with Crippen molar-refractivity contribution < 1.29 is 9.26 Å². The second kappa shape index (κ2) is 6.48. The molecule has 0 saturated heterocycles. The summed E-state index contributed by atoms with van der Waals surface area (Å²) in [6.07, 6.45) is 5.61. The maximum absolute atomic E-state index is 6.00. The zero-order valence-corrected chi connectivity index (χ0v) is 12.2. The largest absolute Gasteiger partial charge is 0.367 e. The molecular weight excluding hydrogens is 242 g/mol. The Labute approximate surface area is 115 Å². The Morgan fingerprint density at radius 3 is 2.68 bits per heavy atom. The van der Waals surface area contributed by atoms with Crippen molar-refractivity contribution in [2.45, 2.75) is 64.5 Å². The third-order valence-electron chi connectivity index (χ3n) is 3.81. The Balaban J connectivity index is 2.18. The van der Waals surface area contributed by atoms with Crippen LogP contribution in [0.1, 0.15) is 70.6 Å². The number of aromatic nitrogens is 2. The number of ether oxygens (including phenoxy) is 1. The highest BCUT2D eigenvalue weighted by atomic mass is 16.5. The summed E-state index contributed by atoms with van der Waals surface area (Å²) in [6, 6.07) is 0.0912. The second-order valence-electron chi connectivity index (χ2n) is 5.22. The zero-order chi connectivity index (χ0) is 13.7. The molecule has 1 N–H and O–H groups in total. The SMILES string of the molecule is CCNC(C)c1nc(C2(OCC)CCCCC2)no1. The van der Waals surface area contributed by atoms with Gasteiger partial charge in [0, 0.05) is 6.61 Å². The average Bonchev–Trinajstić information content (AvgIpc) is 2.91. The van der Waals surface area contributed by atoms with Crippen LogP contribution in [0.4, 0.5) is 0 Å². The van der Waals surface area contributed by atoms with Crippen LogP contribution in [0.25, 0.3) is 0 Å². The molecule has 0 aliphatic heterocycles. The summed E-state index contributed by atoms with van der Waals surface area (Å²) in [6.45, 7) is 7.70. The van der Waals surface area contributed by atoms with Gasteiger partial charge in [-0.3, -0.25) is 0 Å². The van der Waals surface area contributed by atoms with Crippen LogP contribution in [-0.2, 0) is 10.3 Å². The first kappa shape index (κ1) is 14.5. The fourth-order valence-electron chi connectivity index (χ4n) is 2.82. The lowest BCUT2D eigenvalue weighted by Gasteiger charge is -2.33. The van der Waals surface area contributed by atoms with E-state index < -0.39 is 0 Å². The quantitative estimate of drug-likeness (QED) is 0.858. The summed E-state index contributed by atoms with van der Waals surface area (Å²) in [5, 5.41) is 7.47. The van der Waals surface area contributed by atoms with Crippen molar-refractivity contribution in [2.75, 3.05) is 13.2 Å². The normalized spacial score (nSPS) is 20.4. The van der Waals surface area contributed by atoms with E-state index >= 15 is 0 Å². The topological polar surface area (TPSA) is 60.2 Å². The van der Waals surface area contributed by atoms with Gasteiger partial charge in [-0.25, -0.2) is 0 Å². The van der Waals surface area contributed by atoms with Crippen molar-refractivity contribution in [2.24, 2.45) is 0 Å². The summed E-state index contributed by atoms with van der Waals surface area (Å²) >= 11 is 0. The van der Waals surface area contributed by atoms with Crippen LogP contribution in [0.3, 0.4) is 0 Å². The lowest BCUT2D eigenvalue weighted by atomic mass is 9.84. The summed E-state index contributed by atoms with van der Waals surface area (Å²) < 4.78 is 11.4. The standard InChI is InChI=1S/C14H25N3O2/c1-4-15-11(3)12-16-13(17-19-12)14(18-5-2)9-7-6-8-10-14/h11,15H,4-10H2,1-3H3. The van der Waals surface area contributed by atoms with E-state index in [1.165, 1.54) is 19.3 Å². The Bertz CT molecular complexity index is 380. The number of hydrogen-bond acceptors (Lipinski definition) is 5. The molecule has 1 aliphatic rings. The van der Waals surface area contributed by atoms with E-state index in [-0.39, 0.29) is 11.6 Å². The Morgan fingerprint density at radius 2 is 2.05 bits per heavy atom. The van der Waals surface area contributed by atoms with Crippen LogP contribution in [0.5, 0.6) is 0 Å². The molecule has 19 heavy (non-hydrogen) atoms. The van der Waals surface area contributed by atoms with Gasteiger partial charge in [0.2, 0.25) is 11.7 Å². The van der Waals surface area contributed by atoms with Crippen molar-refractivity contribution in [1.29, 1.82) is 0 Å². The van der Waals surface area contributed by atoms with Gasteiger partial charge in [0.1, 0.15) is 5.60 Å². The van der Waals surface area contributed by atoms with Gasteiger partial charge in [-0.05, 0) is 33.2 Å². The minimum absolute atomic E-state index is 0.0912. The molecule has 1 aliphatic carbocycles. The van der Waals surface area contributed by atoms with Crippen LogP contribution in [0.2, 0.25) is 0 Å². The van der Waals surface area contributed by atoms with Crippen molar-refractivity contribution in [3.05, 3.63) is 11.7 Å². The van der Waals surface area contributed by atoms with Crippen molar-refractivity contribution in [3.8, 4) is 0 Å². The Kier molecular flexibility index (Phi) is 4.93. The van der Waals surface area contributed by atoms with Crippen LogP contribution >= 0.6 is 0 Å². The fourth-order valence-corrected chi connectivity index (χ4v) is 2.82. The smallest absolute Gasteiger partial charge is 0.243 e. The molecule has 5 heteroatoms. The molecule has 0 radical (unpaired) electrons. The summed E-state index contributed by atoms with van der Waals surface area (Å²) in [4.78, 5) is 4.58. The Morgan fingerprint density at radius 1 is 1.32 bits per heavy atom. The van der Waals surface area contributed by atoms with Crippen LogP contribution in [0.15, 0.2) is 4.52 Å². The van der Waals surface area contributed by atoms with Crippen molar-refractivity contribution in [3.63, 3.8) is 0 Å². The molecule has 0 spiro atoms. The second-order valence-corrected chi connectivity index (χ2v) is 5.22. The molecule has 0 amide bonds. The van der Waals surface area contributed by atoms with Gasteiger partial charge in [-0.15, -0.1) is 0 Å². The highest BCUT2D eigenvalue weighted by molar-refractivity contribution is 5.04. The van der Waals surface area contributed by atoms with E-state index in [2.05, 4.69) is 22.4 Å². The van der Waals surface area contributed by atoms with Crippen molar-refractivity contribution in [1.82, 2.24) is 15.5 Å². The molecule has 1 aromatic rings. The van der Waals surface area contributed by atoms with Gasteiger partial charge in [-0.2, -0.15) is 4.98 Å². The third-order valence-corrected chi connectivity index (χ3v) is 3.81. The molecule has 108 valence electrons. The maximum Gasteiger partial charge on any atom is 0.243 e. The molecular formula is C14H25N3O2.